The average Bonchev–Trinajstić information content (AvgIpc) is 4.06. The highest BCUT2D eigenvalue weighted by molar-refractivity contribution is 6.05. The molecule has 284 valence electrons. The van der Waals surface area contributed by atoms with Crippen LogP contribution in [0, 0.1) is 22.7 Å². The van der Waals surface area contributed by atoms with E-state index in [0.29, 0.717) is 0 Å². The first kappa shape index (κ1) is 40.5. The Morgan fingerprint density at radius 1 is 0.585 bits per heavy atom. The number of carbonyl (C=O) groups excluding carboxylic acids is 6. The Kier molecular flexibility index (Phi) is 13.4. The molecular formula is C41H48O12. The maximum atomic E-state index is 12.6. The van der Waals surface area contributed by atoms with Crippen molar-refractivity contribution in [2.75, 3.05) is 39.6 Å². The molecular weight excluding hydrogens is 684 g/mol. The molecule has 2 saturated carbocycles. The van der Waals surface area contributed by atoms with Gasteiger partial charge in [-0.3, -0.25) is 28.8 Å². The summed E-state index contributed by atoms with van der Waals surface area (Å²) < 4.78 is 31.0. The van der Waals surface area contributed by atoms with Gasteiger partial charge >= 0.3 is 35.8 Å². The normalized spacial score (nSPS) is 21.3. The SMILES string of the molecule is C=CC1CC1(C(=O)OCC)C(=O)OCCOC(=O)Cc1ccc(C(C)(C)c2ccc(CC(=O)OCCOC(=O)C3(C(=O)OCC)CC3C=C)cc2)cc1. The lowest BCUT2D eigenvalue weighted by atomic mass is 9.77. The second-order valence-corrected chi connectivity index (χ2v) is 13.6. The Balaban J connectivity index is 1.18. The zero-order valence-corrected chi connectivity index (χ0v) is 30.8. The van der Waals surface area contributed by atoms with Crippen molar-refractivity contribution in [1.29, 1.82) is 0 Å². The van der Waals surface area contributed by atoms with Crippen LogP contribution in [-0.4, -0.2) is 75.5 Å². The van der Waals surface area contributed by atoms with Gasteiger partial charge in [-0.1, -0.05) is 74.5 Å². The van der Waals surface area contributed by atoms with Crippen molar-refractivity contribution in [1.82, 2.24) is 0 Å². The molecule has 2 aliphatic carbocycles. The zero-order valence-electron chi connectivity index (χ0n) is 30.8. The van der Waals surface area contributed by atoms with Gasteiger partial charge in [0.15, 0.2) is 10.8 Å². The van der Waals surface area contributed by atoms with Crippen LogP contribution in [0.5, 0.6) is 0 Å². The minimum absolute atomic E-state index is 0.0251. The van der Waals surface area contributed by atoms with Crippen molar-refractivity contribution in [3.05, 3.63) is 96.1 Å². The van der Waals surface area contributed by atoms with Crippen LogP contribution >= 0.6 is 0 Å². The average molecular weight is 733 g/mol. The van der Waals surface area contributed by atoms with E-state index in [0.717, 1.165) is 22.3 Å². The molecule has 2 fully saturated rings. The van der Waals surface area contributed by atoms with Gasteiger partial charge in [0.2, 0.25) is 0 Å². The van der Waals surface area contributed by atoms with Crippen LogP contribution in [0.3, 0.4) is 0 Å². The van der Waals surface area contributed by atoms with Gasteiger partial charge in [-0.15, -0.1) is 13.2 Å². The Labute approximate surface area is 309 Å². The minimum Gasteiger partial charge on any atom is -0.465 e. The van der Waals surface area contributed by atoms with Crippen molar-refractivity contribution < 1.29 is 57.2 Å². The van der Waals surface area contributed by atoms with Gasteiger partial charge < -0.3 is 28.4 Å². The molecule has 2 aromatic rings. The number of rotatable bonds is 20. The highest BCUT2D eigenvalue weighted by atomic mass is 16.6. The molecule has 0 aromatic heterocycles. The molecule has 0 heterocycles. The Hall–Kier alpha value is -5.26. The second kappa shape index (κ2) is 17.5. The van der Waals surface area contributed by atoms with E-state index in [2.05, 4.69) is 27.0 Å². The standard InChI is InChI=1S/C41H48O12/c1-7-29-25-40(29,35(44)48-9-3)37(46)52-21-19-50-33(42)23-27-11-15-31(16-12-27)39(5,6)32-17-13-28(14-18-32)24-34(43)51-20-22-53-38(47)41(26-30(41)8-2)36(45)49-10-4/h7-8,11-18,29-30H,1-2,9-10,19-26H2,3-6H3. The summed E-state index contributed by atoms with van der Waals surface area (Å²) >= 11 is 0. The van der Waals surface area contributed by atoms with Crippen molar-refractivity contribution in [3.63, 3.8) is 0 Å². The van der Waals surface area contributed by atoms with Gasteiger partial charge in [0.1, 0.15) is 26.4 Å². The topological polar surface area (TPSA) is 158 Å². The lowest BCUT2D eigenvalue weighted by molar-refractivity contribution is -0.168. The molecule has 0 amide bonds. The van der Waals surface area contributed by atoms with Gasteiger partial charge in [0.25, 0.3) is 0 Å². The molecule has 0 saturated heterocycles. The molecule has 2 aliphatic rings. The fourth-order valence-corrected chi connectivity index (χ4v) is 6.29. The molecule has 2 aromatic carbocycles. The quantitative estimate of drug-likeness (QED) is 0.0604. The van der Waals surface area contributed by atoms with E-state index in [1.165, 1.54) is 12.2 Å². The van der Waals surface area contributed by atoms with Gasteiger partial charge in [-0.2, -0.15) is 0 Å². The summed E-state index contributed by atoms with van der Waals surface area (Å²) in [7, 11) is 0. The van der Waals surface area contributed by atoms with Gasteiger partial charge in [-0.05, 0) is 48.9 Å². The van der Waals surface area contributed by atoms with E-state index < -0.39 is 52.1 Å². The van der Waals surface area contributed by atoms with Crippen molar-refractivity contribution in [2.45, 2.75) is 58.8 Å². The fourth-order valence-electron chi connectivity index (χ4n) is 6.29. The van der Waals surface area contributed by atoms with Crippen LogP contribution < -0.4 is 0 Å². The molecule has 4 rings (SSSR count). The second-order valence-electron chi connectivity index (χ2n) is 13.6. The highest BCUT2D eigenvalue weighted by Gasteiger charge is 2.67. The molecule has 12 heteroatoms. The maximum Gasteiger partial charge on any atom is 0.324 e. The summed E-state index contributed by atoms with van der Waals surface area (Å²) in [6.07, 6.45) is 3.69. The monoisotopic (exact) mass is 732 g/mol. The van der Waals surface area contributed by atoms with Crippen LogP contribution in [0.4, 0.5) is 0 Å². The van der Waals surface area contributed by atoms with Crippen LogP contribution in [0.1, 0.15) is 62.8 Å². The summed E-state index contributed by atoms with van der Waals surface area (Å²) in [5, 5.41) is 0. The number of esters is 6. The van der Waals surface area contributed by atoms with Gasteiger partial charge in [0, 0.05) is 17.3 Å². The van der Waals surface area contributed by atoms with Gasteiger partial charge in [0.05, 0.1) is 26.1 Å². The number of hydrogen-bond acceptors (Lipinski definition) is 12. The predicted octanol–water partition coefficient (Wildman–Crippen LogP) is 4.78. The summed E-state index contributed by atoms with van der Waals surface area (Å²) in [5.41, 5.74) is 0.385. The number of allylic oxidation sites excluding steroid dienone is 2. The molecule has 12 nitrogen and oxygen atoms in total. The number of hydrogen-bond donors (Lipinski definition) is 0. The molecule has 0 spiro atoms. The van der Waals surface area contributed by atoms with Crippen LogP contribution in [0.2, 0.25) is 0 Å². The third kappa shape index (κ3) is 9.22. The predicted molar refractivity (Wildman–Crippen MR) is 191 cm³/mol. The summed E-state index contributed by atoms with van der Waals surface area (Å²) in [6.45, 7) is 14.4. The third-order valence-electron chi connectivity index (χ3n) is 9.81. The van der Waals surface area contributed by atoms with Crippen LogP contribution in [-0.2, 0) is 75.4 Å². The Bertz CT molecular complexity index is 1570. The summed E-state index contributed by atoms with van der Waals surface area (Å²) in [6, 6.07) is 15.2. The van der Waals surface area contributed by atoms with E-state index in [4.69, 9.17) is 28.4 Å². The lowest BCUT2D eigenvalue weighted by Gasteiger charge is -2.26. The highest BCUT2D eigenvalue weighted by Crippen LogP contribution is 2.56. The molecule has 4 atom stereocenters. The fraction of sp³-hybridized carbons (Fsp3) is 0.463. The van der Waals surface area contributed by atoms with Crippen molar-refractivity contribution >= 4 is 35.8 Å². The van der Waals surface area contributed by atoms with Gasteiger partial charge in [-0.25, -0.2) is 0 Å². The smallest absolute Gasteiger partial charge is 0.324 e. The first-order valence-corrected chi connectivity index (χ1v) is 17.7. The minimum atomic E-state index is -1.36. The Morgan fingerprint density at radius 3 is 1.21 bits per heavy atom. The molecule has 0 radical (unpaired) electrons. The first-order chi connectivity index (χ1) is 25.3. The van der Waals surface area contributed by atoms with Crippen molar-refractivity contribution in [3.8, 4) is 0 Å². The number of benzene rings is 2. The molecule has 0 aliphatic heterocycles. The lowest BCUT2D eigenvalue weighted by Crippen LogP contribution is -2.32. The zero-order chi connectivity index (χ0) is 38.8. The molecule has 4 unspecified atom stereocenters. The van der Waals surface area contributed by atoms with E-state index in [9.17, 15) is 28.8 Å². The van der Waals surface area contributed by atoms with Crippen LogP contribution in [0.15, 0.2) is 73.8 Å². The molecule has 0 N–H and O–H groups in total. The number of ether oxygens (including phenoxy) is 6. The Morgan fingerprint density at radius 2 is 0.906 bits per heavy atom. The summed E-state index contributed by atoms with van der Waals surface area (Å²) in [5.74, 6) is -4.33. The largest absolute Gasteiger partial charge is 0.465 e. The van der Waals surface area contributed by atoms with E-state index in [1.807, 2.05) is 48.5 Å². The molecule has 53 heavy (non-hydrogen) atoms. The van der Waals surface area contributed by atoms with Crippen molar-refractivity contribution in [2.24, 2.45) is 22.7 Å². The molecule has 0 bridgehead atoms. The summed E-state index contributed by atoms with van der Waals surface area (Å²) in [4.78, 5) is 74.7. The van der Waals surface area contributed by atoms with E-state index >= 15 is 0 Å². The van der Waals surface area contributed by atoms with E-state index in [1.54, 1.807) is 13.8 Å². The first-order valence-electron chi connectivity index (χ1n) is 17.7. The third-order valence-corrected chi connectivity index (χ3v) is 9.81. The maximum absolute atomic E-state index is 12.6. The van der Waals surface area contributed by atoms with E-state index in [-0.39, 0.29) is 77.2 Å². The van der Waals surface area contributed by atoms with Crippen LogP contribution in [0.25, 0.3) is 0 Å². The number of carbonyl (C=O) groups is 6.